The largest absolute Gasteiger partial charge is 0.444 e. The first-order chi connectivity index (χ1) is 13.6. The Labute approximate surface area is 176 Å². The molecule has 1 fully saturated rings. The van der Waals surface area contributed by atoms with Gasteiger partial charge in [-0.2, -0.15) is 0 Å². The minimum absolute atomic E-state index is 0.0257. The summed E-state index contributed by atoms with van der Waals surface area (Å²) in [5.41, 5.74) is -0.228. The van der Waals surface area contributed by atoms with Gasteiger partial charge in [-0.1, -0.05) is 23.7 Å². The number of carbonyl (C=O) groups is 2. The van der Waals surface area contributed by atoms with E-state index in [1.807, 2.05) is 20.8 Å². The molecule has 1 aromatic rings. The van der Waals surface area contributed by atoms with Crippen LogP contribution in [-0.2, 0) is 14.3 Å². The van der Waals surface area contributed by atoms with Crippen LogP contribution in [0.4, 0.5) is 9.18 Å². The number of ether oxygens (including phenoxy) is 2. The second-order valence-electron chi connectivity index (χ2n) is 8.25. The highest BCUT2D eigenvalue weighted by molar-refractivity contribution is 6.30. The van der Waals surface area contributed by atoms with Crippen LogP contribution in [0.5, 0.6) is 0 Å². The second-order valence-corrected chi connectivity index (χ2v) is 8.65. The average molecular weight is 429 g/mol. The van der Waals surface area contributed by atoms with E-state index in [0.29, 0.717) is 25.2 Å². The van der Waals surface area contributed by atoms with Crippen LogP contribution in [0.15, 0.2) is 18.2 Å². The molecule has 29 heavy (non-hydrogen) atoms. The van der Waals surface area contributed by atoms with Crippen LogP contribution in [0.2, 0.25) is 5.02 Å². The first-order valence-electron chi connectivity index (χ1n) is 9.86. The monoisotopic (exact) mass is 428 g/mol. The van der Waals surface area contributed by atoms with Crippen LogP contribution in [0, 0.1) is 11.7 Å². The van der Waals surface area contributed by atoms with Gasteiger partial charge in [0, 0.05) is 38.0 Å². The van der Waals surface area contributed by atoms with Gasteiger partial charge >= 0.3 is 6.09 Å². The van der Waals surface area contributed by atoms with Gasteiger partial charge in [0.1, 0.15) is 11.4 Å². The Balaban J connectivity index is 2.17. The molecule has 1 unspecified atom stereocenters. The highest BCUT2D eigenvalue weighted by Gasteiger charge is 2.34. The van der Waals surface area contributed by atoms with E-state index in [1.165, 1.54) is 13.0 Å². The summed E-state index contributed by atoms with van der Waals surface area (Å²) < 4.78 is 26.2. The topological polar surface area (TPSA) is 67.9 Å². The van der Waals surface area contributed by atoms with Crippen LogP contribution >= 0.6 is 11.6 Å². The Kier molecular flexibility index (Phi) is 8.28. The predicted octanol–water partition coefficient (Wildman–Crippen LogP) is 4.32. The van der Waals surface area contributed by atoms with E-state index in [9.17, 15) is 14.0 Å². The molecular formula is C21H30ClFN2O4. The van der Waals surface area contributed by atoms with Crippen molar-refractivity contribution in [1.29, 1.82) is 0 Å². The fourth-order valence-corrected chi connectivity index (χ4v) is 3.56. The molecule has 1 heterocycles. The molecule has 1 N–H and O–H groups in total. The maximum Gasteiger partial charge on any atom is 0.410 e. The molecule has 0 saturated carbocycles. The van der Waals surface area contributed by atoms with Crippen LogP contribution in [0.1, 0.15) is 52.2 Å². The van der Waals surface area contributed by atoms with Crippen molar-refractivity contribution in [3.63, 3.8) is 0 Å². The zero-order valence-electron chi connectivity index (χ0n) is 17.5. The second kappa shape index (κ2) is 10.3. The SMILES string of the molecule is CC(=O)NCCO[C@@H](c1cccc(Cl)c1F)C1CCCN(C(=O)OC(C)(C)C)C1. The third kappa shape index (κ3) is 7.16. The third-order valence-electron chi connectivity index (χ3n) is 4.60. The molecule has 1 aliphatic heterocycles. The average Bonchev–Trinajstić information content (AvgIpc) is 2.63. The van der Waals surface area contributed by atoms with Gasteiger partial charge in [-0.05, 0) is 39.7 Å². The highest BCUT2D eigenvalue weighted by Crippen LogP contribution is 2.36. The summed E-state index contributed by atoms with van der Waals surface area (Å²) in [7, 11) is 0. The summed E-state index contributed by atoms with van der Waals surface area (Å²) in [6.07, 6.45) is 0.562. The van der Waals surface area contributed by atoms with Crippen molar-refractivity contribution in [2.75, 3.05) is 26.2 Å². The van der Waals surface area contributed by atoms with Crippen LogP contribution < -0.4 is 5.32 Å². The maximum atomic E-state index is 14.7. The summed E-state index contributed by atoms with van der Waals surface area (Å²) in [6, 6.07) is 4.82. The van der Waals surface area contributed by atoms with Gasteiger partial charge in [-0.3, -0.25) is 4.79 Å². The Morgan fingerprint density at radius 2 is 2.10 bits per heavy atom. The van der Waals surface area contributed by atoms with E-state index >= 15 is 0 Å². The number of hydrogen-bond donors (Lipinski definition) is 1. The van der Waals surface area contributed by atoms with Gasteiger partial charge in [-0.25, -0.2) is 9.18 Å². The van der Waals surface area contributed by atoms with Crippen molar-refractivity contribution in [1.82, 2.24) is 10.2 Å². The Morgan fingerprint density at radius 3 is 2.76 bits per heavy atom. The lowest BCUT2D eigenvalue weighted by Gasteiger charge is -2.37. The number of nitrogens with one attached hydrogen (secondary N) is 1. The number of carbonyl (C=O) groups excluding carboxylic acids is 2. The standard InChI is InChI=1S/C21H30ClFN2O4/c1-14(26)24-10-12-28-19(16-8-5-9-17(22)18(16)23)15-7-6-11-25(13-15)20(27)29-21(2,3)4/h5,8-9,15,19H,6-7,10-13H2,1-4H3,(H,24,26)/t15?,19-/m1/s1. The van der Waals surface area contributed by atoms with E-state index < -0.39 is 17.5 Å². The minimum Gasteiger partial charge on any atom is -0.444 e. The number of amides is 2. The van der Waals surface area contributed by atoms with Crippen molar-refractivity contribution >= 4 is 23.6 Å². The zero-order chi connectivity index (χ0) is 21.6. The predicted molar refractivity (Wildman–Crippen MR) is 109 cm³/mol. The lowest BCUT2D eigenvalue weighted by Crippen LogP contribution is -2.44. The van der Waals surface area contributed by atoms with Gasteiger partial charge in [0.2, 0.25) is 5.91 Å². The molecular weight excluding hydrogens is 399 g/mol. The third-order valence-corrected chi connectivity index (χ3v) is 4.89. The highest BCUT2D eigenvalue weighted by atomic mass is 35.5. The molecule has 2 amide bonds. The number of benzene rings is 1. The number of likely N-dealkylation sites (tertiary alicyclic amines) is 1. The first-order valence-corrected chi connectivity index (χ1v) is 10.2. The summed E-state index contributed by atoms with van der Waals surface area (Å²) in [5.74, 6) is -0.803. The summed E-state index contributed by atoms with van der Waals surface area (Å²) in [6.45, 7) is 8.40. The molecule has 0 bridgehead atoms. The van der Waals surface area contributed by atoms with Crippen molar-refractivity contribution in [3.05, 3.63) is 34.6 Å². The molecule has 1 saturated heterocycles. The molecule has 6 nitrogen and oxygen atoms in total. The normalized spacial score (nSPS) is 18.3. The van der Waals surface area contributed by atoms with Crippen LogP contribution in [0.3, 0.4) is 0 Å². The fourth-order valence-electron chi connectivity index (χ4n) is 3.38. The number of hydrogen-bond acceptors (Lipinski definition) is 4. The number of nitrogens with zero attached hydrogens (tertiary/aromatic N) is 1. The van der Waals surface area contributed by atoms with Gasteiger partial charge < -0.3 is 19.7 Å². The van der Waals surface area contributed by atoms with E-state index in [4.69, 9.17) is 21.1 Å². The molecule has 162 valence electrons. The molecule has 0 radical (unpaired) electrons. The summed E-state index contributed by atoms with van der Waals surface area (Å²) in [4.78, 5) is 25.2. The van der Waals surface area contributed by atoms with Crippen molar-refractivity contribution in [2.45, 2.75) is 52.2 Å². The van der Waals surface area contributed by atoms with E-state index in [0.717, 1.165) is 12.8 Å². The van der Waals surface area contributed by atoms with E-state index in [1.54, 1.807) is 17.0 Å². The lowest BCUT2D eigenvalue weighted by atomic mass is 9.88. The first kappa shape index (κ1) is 23.4. The molecule has 2 rings (SSSR count). The van der Waals surface area contributed by atoms with Crippen LogP contribution in [0.25, 0.3) is 0 Å². The van der Waals surface area contributed by atoms with Gasteiger partial charge in [0.15, 0.2) is 0 Å². The summed E-state index contributed by atoms with van der Waals surface area (Å²) in [5, 5.41) is 2.69. The maximum absolute atomic E-state index is 14.7. The molecule has 0 spiro atoms. The summed E-state index contributed by atoms with van der Waals surface area (Å²) >= 11 is 5.98. The molecule has 1 aromatic carbocycles. The molecule has 2 atom stereocenters. The smallest absolute Gasteiger partial charge is 0.410 e. The number of piperidine rings is 1. The van der Waals surface area contributed by atoms with Gasteiger partial charge in [-0.15, -0.1) is 0 Å². The van der Waals surface area contributed by atoms with Crippen molar-refractivity contribution in [3.8, 4) is 0 Å². The van der Waals surface area contributed by atoms with Crippen LogP contribution in [-0.4, -0.2) is 48.7 Å². The quantitative estimate of drug-likeness (QED) is 0.685. The van der Waals surface area contributed by atoms with E-state index in [-0.39, 0.29) is 29.5 Å². The van der Waals surface area contributed by atoms with E-state index in [2.05, 4.69) is 5.32 Å². The fraction of sp³-hybridized carbons (Fsp3) is 0.619. The minimum atomic E-state index is -0.590. The van der Waals surface area contributed by atoms with Gasteiger partial charge in [0.25, 0.3) is 0 Å². The van der Waals surface area contributed by atoms with Gasteiger partial charge in [0.05, 0.1) is 17.7 Å². The Bertz CT molecular complexity index is 723. The lowest BCUT2D eigenvalue weighted by molar-refractivity contribution is -0.119. The number of halogens is 2. The Morgan fingerprint density at radius 1 is 1.38 bits per heavy atom. The molecule has 0 aromatic heterocycles. The Hall–Kier alpha value is -1.86. The van der Waals surface area contributed by atoms with Crippen molar-refractivity contribution in [2.24, 2.45) is 5.92 Å². The molecule has 1 aliphatic rings. The molecule has 0 aliphatic carbocycles. The number of rotatable bonds is 6. The zero-order valence-corrected chi connectivity index (χ0v) is 18.2. The van der Waals surface area contributed by atoms with Crippen molar-refractivity contribution < 1.29 is 23.5 Å². The molecule has 8 heteroatoms.